The molecule has 2 saturated heterocycles. The number of β-amino-alcohol motifs (C(OH)–C–C–N with tert-alkyl or cyclic N) is 1. The number of hydrogen-bond acceptors (Lipinski definition) is 7. The number of carbonyl (C=O) groups excluding carboxylic acids is 2. The fraction of sp³-hybridized carbons (Fsp3) is 0.522. The van der Waals surface area contributed by atoms with Crippen molar-refractivity contribution >= 4 is 23.0 Å². The van der Waals surface area contributed by atoms with E-state index in [9.17, 15) is 14.7 Å². The van der Waals surface area contributed by atoms with Gasteiger partial charge in [-0.15, -0.1) is 11.3 Å². The minimum Gasteiger partial charge on any atom is -0.391 e. The SMILES string of the molecule is Cc1ncsc1-c1ccc(CCC(=O)[C@@H]2C[C@@H](O)CN2C(=O)CO[C@H]2CCOC2)cc1. The number of aliphatic hydroxyl groups excluding tert-OH is 1. The number of benzene rings is 1. The summed E-state index contributed by atoms with van der Waals surface area (Å²) in [6.07, 6.45) is 1.26. The van der Waals surface area contributed by atoms with Crippen molar-refractivity contribution in [3.8, 4) is 10.4 Å². The van der Waals surface area contributed by atoms with E-state index in [-0.39, 0.29) is 30.9 Å². The molecule has 2 aliphatic rings. The molecule has 4 rings (SSSR count). The van der Waals surface area contributed by atoms with Crippen LogP contribution in [0.2, 0.25) is 0 Å². The first kappa shape index (κ1) is 22.1. The molecular weight excluding hydrogens is 416 g/mol. The number of nitrogens with zero attached hydrogens (tertiary/aromatic N) is 2. The lowest BCUT2D eigenvalue weighted by Crippen LogP contribution is -2.43. The summed E-state index contributed by atoms with van der Waals surface area (Å²) in [5, 5.41) is 10.1. The Morgan fingerprint density at radius 1 is 1.32 bits per heavy atom. The molecule has 0 bridgehead atoms. The fourth-order valence-corrected chi connectivity index (χ4v) is 4.96. The Hall–Kier alpha value is -2.13. The Kier molecular flexibility index (Phi) is 7.12. The summed E-state index contributed by atoms with van der Waals surface area (Å²) in [6.45, 7) is 3.24. The predicted octanol–water partition coefficient (Wildman–Crippen LogP) is 2.39. The summed E-state index contributed by atoms with van der Waals surface area (Å²) < 4.78 is 10.9. The molecule has 2 aliphatic heterocycles. The third-order valence-corrected chi connectivity index (χ3v) is 6.90. The van der Waals surface area contributed by atoms with E-state index in [1.165, 1.54) is 4.90 Å². The quantitative estimate of drug-likeness (QED) is 0.673. The van der Waals surface area contributed by atoms with Gasteiger partial charge < -0.3 is 19.5 Å². The van der Waals surface area contributed by atoms with Crippen LogP contribution in [0.3, 0.4) is 0 Å². The van der Waals surface area contributed by atoms with Crippen LogP contribution < -0.4 is 0 Å². The molecule has 2 aromatic rings. The van der Waals surface area contributed by atoms with Gasteiger partial charge in [0.05, 0.1) is 40.9 Å². The first-order chi connectivity index (χ1) is 15.0. The highest BCUT2D eigenvalue weighted by Gasteiger charge is 2.38. The van der Waals surface area contributed by atoms with Crippen LogP contribution in [0.5, 0.6) is 0 Å². The van der Waals surface area contributed by atoms with Gasteiger partial charge in [-0.05, 0) is 30.9 Å². The summed E-state index contributed by atoms with van der Waals surface area (Å²) in [4.78, 5) is 32.4. The third-order valence-electron chi connectivity index (χ3n) is 5.92. The maximum Gasteiger partial charge on any atom is 0.249 e. The zero-order valence-electron chi connectivity index (χ0n) is 17.7. The van der Waals surface area contributed by atoms with Gasteiger partial charge in [0.1, 0.15) is 6.61 Å². The van der Waals surface area contributed by atoms with E-state index < -0.39 is 12.1 Å². The minimum atomic E-state index is -0.672. The minimum absolute atomic E-state index is 0.0172. The molecule has 1 aromatic heterocycles. The molecule has 1 N–H and O–H groups in total. The van der Waals surface area contributed by atoms with Crippen LogP contribution in [0.1, 0.15) is 30.5 Å². The van der Waals surface area contributed by atoms with E-state index in [2.05, 4.69) is 17.1 Å². The summed E-state index contributed by atoms with van der Waals surface area (Å²) in [5.41, 5.74) is 5.05. The molecule has 1 amide bonds. The molecule has 166 valence electrons. The van der Waals surface area contributed by atoms with Crippen molar-refractivity contribution in [2.24, 2.45) is 0 Å². The van der Waals surface area contributed by atoms with Crippen LogP contribution in [-0.4, -0.2) is 71.3 Å². The first-order valence-electron chi connectivity index (χ1n) is 10.7. The molecule has 0 radical (unpaired) electrons. The number of ether oxygens (including phenoxy) is 2. The van der Waals surface area contributed by atoms with Gasteiger partial charge >= 0.3 is 0 Å². The maximum absolute atomic E-state index is 12.9. The van der Waals surface area contributed by atoms with Crippen LogP contribution in [0.25, 0.3) is 10.4 Å². The third kappa shape index (κ3) is 5.38. The second kappa shape index (κ2) is 9.99. The molecule has 8 heteroatoms. The van der Waals surface area contributed by atoms with E-state index in [0.717, 1.165) is 28.1 Å². The molecule has 0 unspecified atom stereocenters. The number of thiazole rings is 1. The van der Waals surface area contributed by atoms with Crippen molar-refractivity contribution in [1.29, 1.82) is 0 Å². The fourth-order valence-electron chi connectivity index (χ4n) is 4.15. The Morgan fingerprint density at radius 2 is 2.13 bits per heavy atom. The van der Waals surface area contributed by atoms with Crippen molar-refractivity contribution in [2.45, 2.75) is 50.9 Å². The van der Waals surface area contributed by atoms with Crippen LogP contribution >= 0.6 is 11.3 Å². The lowest BCUT2D eigenvalue weighted by Gasteiger charge is -2.24. The zero-order valence-corrected chi connectivity index (χ0v) is 18.5. The first-order valence-corrected chi connectivity index (χ1v) is 11.6. The number of aryl methyl sites for hydroxylation is 2. The summed E-state index contributed by atoms with van der Waals surface area (Å²) in [5.74, 6) is -0.262. The smallest absolute Gasteiger partial charge is 0.249 e. The van der Waals surface area contributed by atoms with E-state index in [4.69, 9.17) is 9.47 Å². The number of rotatable bonds is 8. The molecule has 0 saturated carbocycles. The van der Waals surface area contributed by atoms with Crippen molar-refractivity contribution in [1.82, 2.24) is 9.88 Å². The van der Waals surface area contributed by atoms with Crippen molar-refractivity contribution in [3.05, 3.63) is 41.0 Å². The van der Waals surface area contributed by atoms with Crippen molar-refractivity contribution in [3.63, 3.8) is 0 Å². The van der Waals surface area contributed by atoms with E-state index >= 15 is 0 Å². The number of ketones is 1. The van der Waals surface area contributed by atoms with Crippen molar-refractivity contribution in [2.75, 3.05) is 26.4 Å². The molecule has 1 aromatic carbocycles. The lowest BCUT2D eigenvalue weighted by molar-refractivity contribution is -0.143. The standard InChI is InChI=1S/C23H28N2O5S/c1-15-23(31-14-24-15)17-5-2-16(3-6-17)4-7-21(27)20-10-18(26)11-25(20)22(28)13-30-19-8-9-29-12-19/h2-3,5-6,14,18-20,26H,4,7-13H2,1H3/t18-,19+,20+/m1/s1. The number of aromatic nitrogens is 1. The number of carbonyl (C=O) groups is 2. The summed E-state index contributed by atoms with van der Waals surface area (Å²) >= 11 is 1.61. The number of amides is 1. The van der Waals surface area contributed by atoms with Gasteiger partial charge in [-0.25, -0.2) is 4.98 Å². The monoisotopic (exact) mass is 444 g/mol. The Bertz CT molecular complexity index is 907. The molecule has 0 spiro atoms. The number of Topliss-reactive ketones (excluding diaryl/α,β-unsaturated/α-hetero) is 1. The lowest BCUT2D eigenvalue weighted by atomic mass is 10.00. The molecular formula is C23H28N2O5S. The topological polar surface area (TPSA) is 89.0 Å². The summed E-state index contributed by atoms with van der Waals surface area (Å²) in [6, 6.07) is 7.60. The van der Waals surface area contributed by atoms with E-state index in [1.54, 1.807) is 11.3 Å². The number of likely N-dealkylation sites (tertiary alicyclic amines) is 1. The van der Waals surface area contributed by atoms with Gasteiger partial charge in [0, 0.05) is 26.0 Å². The zero-order chi connectivity index (χ0) is 21.8. The van der Waals surface area contributed by atoms with Gasteiger partial charge in [-0.3, -0.25) is 9.59 Å². The average molecular weight is 445 g/mol. The Labute approximate surface area is 186 Å². The molecule has 0 aliphatic carbocycles. The molecule has 31 heavy (non-hydrogen) atoms. The second-order valence-electron chi connectivity index (χ2n) is 8.18. The molecule has 7 nitrogen and oxygen atoms in total. The van der Waals surface area contributed by atoms with Crippen LogP contribution in [0, 0.1) is 6.92 Å². The summed E-state index contributed by atoms with van der Waals surface area (Å²) in [7, 11) is 0. The molecule has 3 atom stereocenters. The Balaban J connectivity index is 1.31. The van der Waals surface area contributed by atoms with Gasteiger partial charge in [0.2, 0.25) is 5.91 Å². The predicted molar refractivity (Wildman–Crippen MR) is 117 cm³/mol. The highest BCUT2D eigenvalue weighted by Crippen LogP contribution is 2.27. The number of aliphatic hydroxyl groups is 1. The molecule has 2 fully saturated rings. The van der Waals surface area contributed by atoms with E-state index in [0.29, 0.717) is 32.5 Å². The second-order valence-corrected chi connectivity index (χ2v) is 9.03. The average Bonchev–Trinajstić information content (AvgIpc) is 3.52. The highest BCUT2D eigenvalue weighted by atomic mass is 32.1. The molecule has 3 heterocycles. The van der Waals surface area contributed by atoms with Crippen molar-refractivity contribution < 1.29 is 24.2 Å². The van der Waals surface area contributed by atoms with Gasteiger partial charge in [-0.1, -0.05) is 24.3 Å². The van der Waals surface area contributed by atoms with Gasteiger partial charge in [0.15, 0.2) is 5.78 Å². The van der Waals surface area contributed by atoms with Crippen LogP contribution in [0.4, 0.5) is 0 Å². The number of hydrogen-bond donors (Lipinski definition) is 1. The normalized spacial score (nSPS) is 23.4. The highest BCUT2D eigenvalue weighted by molar-refractivity contribution is 7.13. The largest absolute Gasteiger partial charge is 0.391 e. The van der Waals surface area contributed by atoms with Crippen LogP contribution in [0.15, 0.2) is 29.8 Å². The van der Waals surface area contributed by atoms with Gasteiger partial charge in [-0.2, -0.15) is 0 Å². The Morgan fingerprint density at radius 3 is 2.81 bits per heavy atom. The maximum atomic E-state index is 12.9. The van der Waals surface area contributed by atoms with E-state index in [1.807, 2.05) is 24.6 Å². The van der Waals surface area contributed by atoms with Gasteiger partial charge in [0.25, 0.3) is 0 Å². The van der Waals surface area contributed by atoms with Crippen LogP contribution in [-0.2, 0) is 25.5 Å².